The van der Waals surface area contributed by atoms with Gasteiger partial charge in [0, 0.05) is 12.2 Å². The molecule has 6 rings (SSSR count). The number of unbranched alkanes of at least 4 members (excludes halogenated alkanes) is 6. The van der Waals surface area contributed by atoms with E-state index in [1.54, 1.807) is 48.5 Å². The van der Waals surface area contributed by atoms with Gasteiger partial charge in [0.05, 0.1) is 59.9 Å². The number of carbonyl (C=O) groups excluding carboxylic acids is 6. The molecule has 3 aromatic rings. The van der Waals surface area contributed by atoms with Crippen LogP contribution in [0, 0.1) is 23.7 Å². The van der Waals surface area contributed by atoms with Crippen LogP contribution in [-0.4, -0.2) is 72.5 Å². The molecular weight excluding hydrogens is 969 g/mol. The lowest BCUT2D eigenvalue weighted by atomic mass is 9.82. The Kier molecular flexibility index (Phi) is 21.8. The summed E-state index contributed by atoms with van der Waals surface area (Å²) in [5.41, 5.74) is 0. The first-order valence-electron chi connectivity index (χ1n) is 24.5. The number of rotatable bonds is 26. The average Bonchev–Trinajstić information content (AvgIpc) is 3.86. The molecule has 2 N–H and O–H groups in total. The third kappa shape index (κ3) is 17.1. The van der Waals surface area contributed by atoms with Gasteiger partial charge in [0.1, 0.15) is 38.7 Å². The Morgan fingerprint density at radius 3 is 1.07 bits per heavy atom. The number of thioether (sulfide) groups is 2. The monoisotopic (exact) mass is 1030 g/mol. The molecule has 2 saturated carbocycles. The number of benzene rings is 3. The highest BCUT2D eigenvalue weighted by Gasteiger charge is 2.37. The summed E-state index contributed by atoms with van der Waals surface area (Å²) in [5, 5.41) is 19.9. The van der Waals surface area contributed by atoms with Gasteiger partial charge in [-0.2, -0.15) is 0 Å². The zero-order chi connectivity index (χ0) is 51.2. The summed E-state index contributed by atoms with van der Waals surface area (Å²) in [5.74, 6) is -2.81. The minimum absolute atomic E-state index is 0.121. The highest BCUT2D eigenvalue weighted by molar-refractivity contribution is 8.24. The van der Waals surface area contributed by atoms with Gasteiger partial charge >= 0.3 is 35.8 Å². The lowest BCUT2D eigenvalue weighted by Crippen LogP contribution is -2.30. The van der Waals surface area contributed by atoms with E-state index in [1.165, 1.54) is 12.1 Å². The van der Waals surface area contributed by atoms with Crippen LogP contribution in [0.25, 0.3) is 0 Å². The molecule has 16 nitrogen and oxygen atoms in total. The van der Waals surface area contributed by atoms with Gasteiger partial charge in [0.2, 0.25) is 0 Å². The Morgan fingerprint density at radius 2 is 0.750 bits per heavy atom. The van der Waals surface area contributed by atoms with Gasteiger partial charge in [-0.25, -0.2) is 9.59 Å². The molecule has 0 aromatic heterocycles. The van der Waals surface area contributed by atoms with Crippen LogP contribution in [0.1, 0.15) is 103 Å². The first kappa shape index (κ1) is 54.9. The highest BCUT2D eigenvalue weighted by Crippen LogP contribution is 2.58. The van der Waals surface area contributed by atoms with Crippen LogP contribution >= 0.6 is 23.5 Å². The van der Waals surface area contributed by atoms with Crippen LogP contribution in [0.4, 0.5) is 0 Å². The fourth-order valence-corrected chi connectivity index (χ4v) is 10.5. The molecule has 2 fully saturated rings. The normalized spacial score (nSPS) is 18.1. The largest absolute Gasteiger partial charge is 0.494 e. The van der Waals surface area contributed by atoms with E-state index in [-0.39, 0.29) is 27.7 Å². The maximum Gasteiger partial charge on any atom is 0.330 e. The van der Waals surface area contributed by atoms with E-state index in [4.69, 9.17) is 37.9 Å². The third-order valence-electron chi connectivity index (χ3n) is 12.3. The molecule has 0 atom stereocenters. The average molecular weight is 1030 g/mol. The van der Waals surface area contributed by atoms with E-state index in [0.717, 1.165) is 87.0 Å². The SMILES string of the molecule is C=CC(=O)OCCCCCCOc1ccc(OC(=O)C2CCC(C(=O)Oc3ccc(OC(=O)C4CCC(C(=O)Oc5ccc(OCCCCCCOC(=O)C=C)cc5)CC4)c4c3SC(=C(O)O)S4)CC2)cc1. The Balaban J connectivity index is 0.898. The number of ether oxygens (including phenoxy) is 8. The summed E-state index contributed by atoms with van der Waals surface area (Å²) >= 11 is 1.97. The molecule has 0 bridgehead atoms. The molecule has 2 aliphatic carbocycles. The third-order valence-corrected chi connectivity index (χ3v) is 14.9. The van der Waals surface area contributed by atoms with Crippen molar-refractivity contribution in [3.05, 3.63) is 96.2 Å². The molecule has 0 spiro atoms. The molecule has 0 amide bonds. The highest BCUT2D eigenvalue weighted by atomic mass is 32.2. The predicted molar refractivity (Wildman–Crippen MR) is 267 cm³/mol. The Labute approximate surface area is 427 Å². The maximum atomic E-state index is 13.5. The van der Waals surface area contributed by atoms with Crippen molar-refractivity contribution >= 4 is 59.3 Å². The Hall–Kier alpha value is -6.40. The second-order valence-corrected chi connectivity index (χ2v) is 19.8. The van der Waals surface area contributed by atoms with Crippen molar-refractivity contribution in [2.45, 2.75) is 113 Å². The number of fused-ring (bicyclic) bond motifs is 1. The standard InChI is InChI=1S/C54H62O16S2/c1-3-45(55)65-33-11-7-5-9-31-63-39-21-25-41(26-22-39)67-50(59)35-13-17-37(18-14-35)52(61)69-43-29-30-44(48-47(43)71-54(72-48)49(57)58)70-53(62)38-19-15-36(16-20-38)51(60)68-42-27-23-40(24-28-42)64-32-10-6-8-12-34-66-46(56)4-2/h3-4,21-30,35-38,57-58H,1-2,5-20,31-34H2. The second kappa shape index (κ2) is 28.6. The molecule has 0 saturated heterocycles. The number of carbonyl (C=O) groups is 6. The van der Waals surface area contributed by atoms with Gasteiger partial charge in [-0.3, -0.25) is 19.2 Å². The van der Waals surface area contributed by atoms with E-state index in [1.807, 2.05) is 0 Å². The van der Waals surface area contributed by atoms with Gasteiger partial charge in [-0.05, 0) is 163 Å². The molecule has 1 aliphatic heterocycles. The molecule has 3 aliphatic rings. The number of hydrogen-bond donors (Lipinski definition) is 2. The van der Waals surface area contributed by atoms with Crippen LogP contribution in [0.5, 0.6) is 34.5 Å². The van der Waals surface area contributed by atoms with E-state index in [0.29, 0.717) is 111 Å². The van der Waals surface area contributed by atoms with Gasteiger partial charge in [-0.15, -0.1) is 0 Å². The van der Waals surface area contributed by atoms with Gasteiger partial charge in [0.15, 0.2) is 0 Å². The minimum Gasteiger partial charge on any atom is -0.494 e. The summed E-state index contributed by atoms with van der Waals surface area (Å²) in [4.78, 5) is 76.1. The molecule has 0 radical (unpaired) electrons. The molecule has 1 heterocycles. The zero-order valence-electron chi connectivity index (χ0n) is 40.2. The summed E-state index contributed by atoms with van der Waals surface area (Å²) in [6.45, 7) is 8.52. The summed E-state index contributed by atoms with van der Waals surface area (Å²) in [6.07, 6.45) is 12.5. The van der Waals surface area contributed by atoms with Crippen LogP contribution in [0.3, 0.4) is 0 Å². The fraction of sp³-hybridized carbons (Fsp3) is 0.444. The van der Waals surface area contributed by atoms with Crippen LogP contribution < -0.4 is 28.4 Å². The van der Waals surface area contributed by atoms with Crippen LogP contribution in [0.15, 0.2) is 106 Å². The lowest BCUT2D eigenvalue weighted by molar-refractivity contribution is -0.145. The Morgan fingerprint density at radius 1 is 0.444 bits per heavy atom. The molecule has 72 heavy (non-hydrogen) atoms. The van der Waals surface area contributed by atoms with Crippen molar-refractivity contribution in [2.75, 3.05) is 26.4 Å². The fourth-order valence-electron chi connectivity index (χ4n) is 8.26. The van der Waals surface area contributed by atoms with E-state index in [2.05, 4.69) is 13.2 Å². The lowest BCUT2D eigenvalue weighted by Gasteiger charge is -2.26. The molecule has 386 valence electrons. The Bertz CT molecular complexity index is 2220. The van der Waals surface area contributed by atoms with E-state index >= 15 is 0 Å². The molecule has 18 heteroatoms. The van der Waals surface area contributed by atoms with E-state index in [9.17, 15) is 39.0 Å². The van der Waals surface area contributed by atoms with Gasteiger partial charge in [0.25, 0.3) is 5.95 Å². The smallest absolute Gasteiger partial charge is 0.330 e. The van der Waals surface area contributed by atoms with E-state index < -0.39 is 53.5 Å². The zero-order valence-corrected chi connectivity index (χ0v) is 41.9. The molecule has 0 unspecified atom stereocenters. The number of esters is 6. The number of hydrogen-bond acceptors (Lipinski definition) is 18. The van der Waals surface area contributed by atoms with Gasteiger partial charge < -0.3 is 48.1 Å². The number of aliphatic hydroxyl groups excluding tert-OH is 1. The first-order valence-corrected chi connectivity index (χ1v) is 26.1. The second-order valence-electron chi connectivity index (χ2n) is 17.5. The van der Waals surface area contributed by atoms with Crippen LogP contribution in [-0.2, 0) is 38.2 Å². The summed E-state index contributed by atoms with van der Waals surface area (Å²) in [6, 6.07) is 16.7. The van der Waals surface area contributed by atoms with Crippen molar-refractivity contribution in [3.63, 3.8) is 0 Å². The molecular formula is C54H62O16S2. The van der Waals surface area contributed by atoms with Crippen molar-refractivity contribution in [2.24, 2.45) is 23.7 Å². The van der Waals surface area contributed by atoms with Crippen molar-refractivity contribution < 1.29 is 76.9 Å². The van der Waals surface area contributed by atoms with Crippen molar-refractivity contribution in [3.8, 4) is 34.5 Å². The summed E-state index contributed by atoms with van der Waals surface area (Å²) in [7, 11) is 0. The van der Waals surface area contributed by atoms with Crippen molar-refractivity contribution in [1.29, 1.82) is 0 Å². The summed E-state index contributed by atoms with van der Waals surface area (Å²) < 4.78 is 44.7. The van der Waals surface area contributed by atoms with Crippen LogP contribution in [0.2, 0.25) is 0 Å². The first-order chi connectivity index (χ1) is 34.9. The molecule has 3 aromatic carbocycles. The maximum absolute atomic E-state index is 13.5. The van der Waals surface area contributed by atoms with Gasteiger partial charge in [-0.1, -0.05) is 36.7 Å². The topological polar surface area (TPSA) is 217 Å². The number of aliphatic hydroxyl groups is 2. The minimum atomic E-state index is -0.921. The quantitative estimate of drug-likeness (QED) is 0.0251. The van der Waals surface area contributed by atoms with Crippen molar-refractivity contribution in [1.82, 2.24) is 0 Å². The predicted octanol–water partition coefficient (Wildman–Crippen LogP) is 11.1.